The minimum absolute atomic E-state index is 0.0586. The Morgan fingerprint density at radius 3 is 2.79 bits per heavy atom. The van der Waals surface area contributed by atoms with E-state index in [2.05, 4.69) is 4.98 Å². The number of nitrogens with zero attached hydrogens (tertiary/aromatic N) is 2. The molecule has 3 heteroatoms. The van der Waals surface area contributed by atoms with Gasteiger partial charge in [-0.05, 0) is 32.4 Å². The van der Waals surface area contributed by atoms with Gasteiger partial charge >= 0.3 is 0 Å². The third-order valence-electron chi connectivity index (χ3n) is 2.39. The Kier molecular flexibility index (Phi) is 1.88. The van der Waals surface area contributed by atoms with E-state index in [9.17, 15) is 4.79 Å². The molecule has 0 aliphatic carbocycles. The zero-order valence-corrected chi connectivity index (χ0v) is 8.53. The molecule has 2 aromatic rings. The zero-order valence-electron chi connectivity index (χ0n) is 8.53. The first-order valence-corrected chi connectivity index (χ1v) is 4.55. The number of rotatable bonds is 1. The SMILES string of the molecule is CC(=O)c1cnc2cc(C)cn2c1C. The van der Waals surface area contributed by atoms with Crippen LogP contribution in [0.3, 0.4) is 0 Å². The molecule has 2 heterocycles. The second-order valence-corrected chi connectivity index (χ2v) is 3.56. The van der Waals surface area contributed by atoms with Crippen LogP contribution in [0.25, 0.3) is 5.65 Å². The minimum Gasteiger partial charge on any atom is -0.305 e. The van der Waals surface area contributed by atoms with Crippen molar-refractivity contribution < 1.29 is 4.79 Å². The van der Waals surface area contributed by atoms with Crippen molar-refractivity contribution in [2.24, 2.45) is 0 Å². The fourth-order valence-corrected chi connectivity index (χ4v) is 1.65. The average molecular weight is 188 g/mol. The smallest absolute Gasteiger partial charge is 0.163 e. The van der Waals surface area contributed by atoms with Gasteiger partial charge in [0.05, 0.1) is 5.56 Å². The lowest BCUT2D eigenvalue weighted by Gasteiger charge is -2.04. The van der Waals surface area contributed by atoms with Gasteiger partial charge in [0.2, 0.25) is 0 Å². The van der Waals surface area contributed by atoms with E-state index in [-0.39, 0.29) is 5.78 Å². The number of fused-ring (bicyclic) bond motifs is 1. The number of aryl methyl sites for hydroxylation is 2. The molecule has 3 nitrogen and oxygen atoms in total. The van der Waals surface area contributed by atoms with Gasteiger partial charge in [0, 0.05) is 18.1 Å². The van der Waals surface area contributed by atoms with Crippen LogP contribution in [0.4, 0.5) is 0 Å². The maximum absolute atomic E-state index is 11.3. The molecule has 0 saturated carbocycles. The fourth-order valence-electron chi connectivity index (χ4n) is 1.65. The summed E-state index contributed by atoms with van der Waals surface area (Å²) in [5, 5.41) is 0. The third-order valence-corrected chi connectivity index (χ3v) is 2.39. The third kappa shape index (κ3) is 1.21. The molecule has 0 spiro atoms. The molecule has 0 aliphatic heterocycles. The highest BCUT2D eigenvalue weighted by atomic mass is 16.1. The van der Waals surface area contributed by atoms with Gasteiger partial charge in [-0.15, -0.1) is 0 Å². The molecule has 0 atom stereocenters. The molecule has 72 valence electrons. The lowest BCUT2D eigenvalue weighted by molar-refractivity contribution is 0.101. The van der Waals surface area contributed by atoms with Crippen molar-refractivity contribution in [2.45, 2.75) is 20.8 Å². The van der Waals surface area contributed by atoms with Crippen molar-refractivity contribution in [3.63, 3.8) is 0 Å². The van der Waals surface area contributed by atoms with Crippen molar-refractivity contribution in [3.8, 4) is 0 Å². The first kappa shape index (κ1) is 8.94. The summed E-state index contributed by atoms with van der Waals surface area (Å²) < 4.78 is 1.95. The van der Waals surface area contributed by atoms with E-state index in [0.29, 0.717) is 5.56 Å². The van der Waals surface area contributed by atoms with E-state index in [1.807, 2.05) is 30.5 Å². The Morgan fingerprint density at radius 1 is 1.43 bits per heavy atom. The largest absolute Gasteiger partial charge is 0.305 e. The molecule has 0 radical (unpaired) electrons. The highest BCUT2D eigenvalue weighted by molar-refractivity contribution is 5.95. The molecular weight excluding hydrogens is 176 g/mol. The van der Waals surface area contributed by atoms with Gasteiger partial charge < -0.3 is 4.40 Å². The van der Waals surface area contributed by atoms with Crippen LogP contribution in [-0.4, -0.2) is 15.2 Å². The van der Waals surface area contributed by atoms with Crippen LogP contribution in [0.1, 0.15) is 28.5 Å². The molecule has 0 N–H and O–H groups in total. The number of hydrogen-bond acceptors (Lipinski definition) is 2. The lowest BCUT2D eigenvalue weighted by atomic mass is 10.2. The molecule has 0 unspecified atom stereocenters. The first-order valence-electron chi connectivity index (χ1n) is 4.55. The summed E-state index contributed by atoms with van der Waals surface area (Å²) in [7, 11) is 0. The van der Waals surface area contributed by atoms with Crippen molar-refractivity contribution in [1.29, 1.82) is 0 Å². The van der Waals surface area contributed by atoms with Crippen molar-refractivity contribution in [3.05, 3.63) is 35.3 Å². The number of carbonyl (C=O) groups is 1. The maximum atomic E-state index is 11.3. The predicted molar refractivity (Wildman–Crippen MR) is 54.7 cm³/mol. The zero-order chi connectivity index (χ0) is 10.3. The average Bonchev–Trinajstić information content (AvgIpc) is 2.46. The van der Waals surface area contributed by atoms with Crippen molar-refractivity contribution in [2.75, 3.05) is 0 Å². The van der Waals surface area contributed by atoms with Crippen LogP contribution in [0.15, 0.2) is 18.5 Å². The number of aromatic nitrogens is 2. The molecule has 0 aromatic carbocycles. The van der Waals surface area contributed by atoms with Gasteiger partial charge in [-0.1, -0.05) is 0 Å². The molecule has 0 fully saturated rings. The number of ketones is 1. The van der Waals surface area contributed by atoms with E-state index in [1.54, 1.807) is 13.1 Å². The molecule has 14 heavy (non-hydrogen) atoms. The number of carbonyl (C=O) groups excluding carboxylic acids is 1. The Bertz CT molecular complexity index is 511. The molecule has 0 saturated heterocycles. The molecule has 2 aromatic heterocycles. The first-order chi connectivity index (χ1) is 6.59. The maximum Gasteiger partial charge on any atom is 0.163 e. The Labute approximate surface area is 82.4 Å². The van der Waals surface area contributed by atoms with Gasteiger partial charge in [-0.2, -0.15) is 0 Å². The normalized spacial score (nSPS) is 10.8. The van der Waals surface area contributed by atoms with E-state index in [4.69, 9.17) is 0 Å². The highest BCUT2D eigenvalue weighted by Crippen LogP contribution is 2.13. The van der Waals surface area contributed by atoms with E-state index in [0.717, 1.165) is 16.9 Å². The standard InChI is InChI=1S/C11H12N2O/c1-7-4-11-12-5-10(9(3)14)8(2)13(11)6-7/h4-6H,1-3H3. The van der Waals surface area contributed by atoms with Crippen LogP contribution < -0.4 is 0 Å². The summed E-state index contributed by atoms with van der Waals surface area (Å²) in [6, 6.07) is 2.00. The Balaban J connectivity index is 2.80. The lowest BCUT2D eigenvalue weighted by Crippen LogP contribution is -2.03. The molecule has 0 bridgehead atoms. The van der Waals surface area contributed by atoms with Crippen LogP contribution >= 0.6 is 0 Å². The number of hydrogen-bond donors (Lipinski definition) is 0. The monoisotopic (exact) mass is 188 g/mol. The van der Waals surface area contributed by atoms with Crippen molar-refractivity contribution in [1.82, 2.24) is 9.38 Å². The molecule has 0 aliphatic rings. The summed E-state index contributed by atoms with van der Waals surface area (Å²) in [4.78, 5) is 15.5. The van der Waals surface area contributed by atoms with Gasteiger partial charge in [0.25, 0.3) is 0 Å². The summed E-state index contributed by atoms with van der Waals surface area (Å²) in [6.07, 6.45) is 3.64. The topological polar surface area (TPSA) is 34.4 Å². The number of Topliss-reactive ketones (excluding diaryl/α,β-unsaturated/α-hetero) is 1. The summed E-state index contributed by atoms with van der Waals surface area (Å²) >= 11 is 0. The van der Waals surface area contributed by atoms with Gasteiger partial charge in [-0.3, -0.25) is 4.79 Å². The van der Waals surface area contributed by atoms with Crippen LogP contribution in [0, 0.1) is 13.8 Å². The minimum atomic E-state index is 0.0586. The fraction of sp³-hybridized carbons (Fsp3) is 0.273. The Hall–Kier alpha value is -1.64. The Morgan fingerprint density at radius 2 is 2.14 bits per heavy atom. The summed E-state index contributed by atoms with van der Waals surface area (Å²) in [5.74, 6) is 0.0586. The second-order valence-electron chi connectivity index (χ2n) is 3.56. The van der Waals surface area contributed by atoms with Crippen molar-refractivity contribution >= 4 is 11.4 Å². The van der Waals surface area contributed by atoms with Gasteiger partial charge in [-0.25, -0.2) is 4.98 Å². The van der Waals surface area contributed by atoms with Gasteiger partial charge in [0.1, 0.15) is 5.65 Å². The van der Waals surface area contributed by atoms with Gasteiger partial charge in [0.15, 0.2) is 5.78 Å². The van der Waals surface area contributed by atoms with Crippen LogP contribution in [0.2, 0.25) is 0 Å². The van der Waals surface area contributed by atoms with E-state index >= 15 is 0 Å². The van der Waals surface area contributed by atoms with Crippen LogP contribution in [0.5, 0.6) is 0 Å². The molecule has 0 amide bonds. The predicted octanol–water partition coefficient (Wildman–Crippen LogP) is 2.15. The molecular formula is C11H12N2O. The van der Waals surface area contributed by atoms with E-state index in [1.165, 1.54) is 0 Å². The second kappa shape index (κ2) is 2.94. The molecule has 2 rings (SSSR count). The summed E-state index contributed by atoms with van der Waals surface area (Å²) in [6.45, 7) is 5.51. The summed E-state index contributed by atoms with van der Waals surface area (Å²) in [5.41, 5.74) is 3.69. The highest BCUT2D eigenvalue weighted by Gasteiger charge is 2.08. The van der Waals surface area contributed by atoms with E-state index < -0.39 is 0 Å². The van der Waals surface area contributed by atoms with Crippen LogP contribution in [-0.2, 0) is 0 Å². The quantitative estimate of drug-likeness (QED) is 0.642.